The van der Waals surface area contributed by atoms with Gasteiger partial charge >= 0.3 is 0 Å². The van der Waals surface area contributed by atoms with E-state index in [4.69, 9.17) is 28.9 Å². The van der Waals surface area contributed by atoms with Crippen LogP contribution in [0, 0.1) is 5.82 Å². The number of rotatable bonds is 1. The summed E-state index contributed by atoms with van der Waals surface area (Å²) in [4.78, 5) is 8.37. The molecule has 0 saturated carbocycles. The van der Waals surface area contributed by atoms with Crippen molar-refractivity contribution in [2.24, 2.45) is 0 Å². The van der Waals surface area contributed by atoms with Gasteiger partial charge < -0.3 is 5.73 Å². The first-order valence-electron chi connectivity index (χ1n) is 5.42. The Morgan fingerprint density at radius 3 is 2.70 bits per heavy atom. The van der Waals surface area contributed by atoms with Gasteiger partial charge in [0.2, 0.25) is 5.95 Å². The molecule has 0 amide bonds. The Morgan fingerprint density at radius 1 is 1.25 bits per heavy atom. The summed E-state index contributed by atoms with van der Waals surface area (Å²) in [5, 5.41) is 0.644. The smallest absolute Gasteiger partial charge is 0.207 e. The Morgan fingerprint density at radius 2 is 2.00 bits per heavy atom. The summed E-state index contributed by atoms with van der Waals surface area (Å²) in [5.41, 5.74) is 7.40. The third-order valence-corrected chi connectivity index (χ3v) is 3.79. The second-order valence-electron chi connectivity index (χ2n) is 4.02. The quantitative estimate of drug-likeness (QED) is 0.693. The number of benzene rings is 1. The molecule has 0 atom stereocenters. The lowest BCUT2D eigenvalue weighted by Crippen LogP contribution is -2.03. The van der Waals surface area contributed by atoms with E-state index >= 15 is 0 Å². The lowest BCUT2D eigenvalue weighted by Gasteiger charge is -2.10. The Hall–Kier alpha value is -1.37. The minimum Gasteiger partial charge on any atom is -0.369 e. The van der Waals surface area contributed by atoms with Crippen LogP contribution in [-0.4, -0.2) is 14.5 Å². The van der Waals surface area contributed by atoms with Crippen LogP contribution in [0.25, 0.3) is 16.9 Å². The van der Waals surface area contributed by atoms with Gasteiger partial charge in [-0.05, 0) is 34.1 Å². The van der Waals surface area contributed by atoms with Gasteiger partial charge in [0.25, 0.3) is 0 Å². The van der Waals surface area contributed by atoms with Crippen molar-refractivity contribution < 1.29 is 4.39 Å². The SMILES string of the molecule is Nc1nc2cc(Cl)cnc2n1-c1c(Cl)cc(F)cc1Br. The van der Waals surface area contributed by atoms with Gasteiger partial charge in [0.15, 0.2) is 5.65 Å². The van der Waals surface area contributed by atoms with Crippen LogP contribution < -0.4 is 5.73 Å². The molecule has 0 radical (unpaired) electrons. The highest BCUT2D eigenvalue weighted by atomic mass is 79.9. The van der Waals surface area contributed by atoms with Gasteiger partial charge in [0.1, 0.15) is 11.3 Å². The summed E-state index contributed by atoms with van der Waals surface area (Å²) in [5.74, 6) is -0.270. The fourth-order valence-corrected chi connectivity index (χ4v) is 3.09. The maximum absolute atomic E-state index is 13.3. The maximum atomic E-state index is 13.3. The molecule has 0 spiro atoms. The summed E-state index contributed by atoms with van der Waals surface area (Å²) in [6.07, 6.45) is 1.48. The minimum atomic E-state index is -0.454. The monoisotopic (exact) mass is 374 g/mol. The van der Waals surface area contributed by atoms with Crippen molar-refractivity contribution in [3.05, 3.63) is 44.7 Å². The molecule has 0 saturated heterocycles. The lowest BCUT2D eigenvalue weighted by molar-refractivity contribution is 0.626. The van der Waals surface area contributed by atoms with Crippen LogP contribution in [0.5, 0.6) is 0 Å². The highest BCUT2D eigenvalue weighted by Crippen LogP contribution is 2.34. The van der Waals surface area contributed by atoms with Crippen LogP contribution in [0.1, 0.15) is 0 Å². The van der Waals surface area contributed by atoms with E-state index in [1.54, 1.807) is 6.07 Å². The predicted octanol–water partition coefficient (Wildman–Crippen LogP) is 4.21. The average molecular weight is 376 g/mol. The van der Waals surface area contributed by atoms with Crippen LogP contribution >= 0.6 is 39.1 Å². The fraction of sp³-hybridized carbons (Fsp3) is 0. The first kappa shape index (κ1) is 13.6. The highest BCUT2D eigenvalue weighted by molar-refractivity contribution is 9.10. The van der Waals surface area contributed by atoms with E-state index in [0.29, 0.717) is 26.3 Å². The molecule has 3 rings (SSSR count). The number of hydrogen-bond donors (Lipinski definition) is 1. The summed E-state index contributed by atoms with van der Waals surface area (Å²) >= 11 is 15.2. The van der Waals surface area contributed by atoms with Gasteiger partial charge in [-0.1, -0.05) is 23.2 Å². The van der Waals surface area contributed by atoms with Gasteiger partial charge in [-0.3, -0.25) is 4.57 Å². The standard InChI is InChI=1S/C12H6BrCl2FN4/c13-7-2-6(16)3-8(15)10(7)20-11-9(19-12(20)17)1-5(14)4-18-11/h1-4H,(H2,17,19). The van der Waals surface area contributed by atoms with E-state index in [-0.39, 0.29) is 11.0 Å². The van der Waals surface area contributed by atoms with E-state index in [1.807, 2.05) is 0 Å². The number of nitrogens with zero attached hydrogens (tertiary/aromatic N) is 3. The number of nitrogens with two attached hydrogens (primary N) is 1. The van der Waals surface area contributed by atoms with Crippen LogP contribution in [0.2, 0.25) is 10.0 Å². The van der Waals surface area contributed by atoms with E-state index in [9.17, 15) is 4.39 Å². The van der Waals surface area contributed by atoms with Crippen molar-refractivity contribution in [2.75, 3.05) is 5.73 Å². The number of pyridine rings is 1. The minimum absolute atomic E-state index is 0.184. The Kier molecular flexibility index (Phi) is 3.32. The summed E-state index contributed by atoms with van der Waals surface area (Å²) in [6, 6.07) is 4.13. The fourth-order valence-electron chi connectivity index (χ4n) is 1.93. The van der Waals surface area contributed by atoms with Gasteiger partial charge in [-0.2, -0.15) is 0 Å². The maximum Gasteiger partial charge on any atom is 0.207 e. The zero-order valence-corrected chi connectivity index (χ0v) is 12.8. The molecule has 0 bridgehead atoms. The van der Waals surface area contributed by atoms with Crippen molar-refractivity contribution in [1.82, 2.24) is 14.5 Å². The normalized spacial score (nSPS) is 11.2. The van der Waals surface area contributed by atoms with E-state index in [2.05, 4.69) is 25.9 Å². The molecule has 1 aromatic carbocycles. The Bertz CT molecular complexity index is 811. The van der Waals surface area contributed by atoms with Crippen molar-refractivity contribution in [3.63, 3.8) is 0 Å². The number of imidazole rings is 1. The number of hydrogen-bond acceptors (Lipinski definition) is 3. The van der Waals surface area contributed by atoms with E-state index in [0.717, 1.165) is 0 Å². The molecule has 2 aromatic heterocycles. The molecular formula is C12H6BrCl2FN4. The summed E-state index contributed by atoms with van der Waals surface area (Å²) < 4.78 is 15.3. The highest BCUT2D eigenvalue weighted by Gasteiger charge is 2.17. The van der Waals surface area contributed by atoms with Crippen LogP contribution in [0.4, 0.5) is 10.3 Å². The van der Waals surface area contributed by atoms with Crippen LogP contribution in [0.3, 0.4) is 0 Å². The molecule has 0 fully saturated rings. The van der Waals surface area contributed by atoms with Crippen LogP contribution in [0.15, 0.2) is 28.9 Å². The molecule has 4 nitrogen and oxygen atoms in total. The average Bonchev–Trinajstić information content (AvgIpc) is 2.64. The summed E-state index contributed by atoms with van der Waals surface area (Å²) in [7, 11) is 0. The van der Waals surface area contributed by atoms with Gasteiger partial charge in [-0.25, -0.2) is 14.4 Å². The Balaban J connectivity index is 2.38. The van der Waals surface area contributed by atoms with Gasteiger partial charge in [0.05, 0.1) is 15.7 Å². The van der Waals surface area contributed by atoms with Crippen molar-refractivity contribution >= 4 is 56.2 Å². The number of aromatic nitrogens is 3. The second-order valence-corrected chi connectivity index (χ2v) is 5.72. The molecule has 0 aliphatic carbocycles. The van der Waals surface area contributed by atoms with Gasteiger partial charge in [-0.15, -0.1) is 0 Å². The number of halogens is 4. The first-order chi connectivity index (χ1) is 9.47. The van der Waals surface area contributed by atoms with Crippen molar-refractivity contribution in [1.29, 1.82) is 0 Å². The molecule has 102 valence electrons. The van der Waals surface area contributed by atoms with Crippen LogP contribution in [-0.2, 0) is 0 Å². The predicted molar refractivity (Wildman–Crippen MR) is 81.0 cm³/mol. The molecule has 2 heterocycles. The lowest BCUT2D eigenvalue weighted by atomic mass is 10.3. The zero-order chi connectivity index (χ0) is 14.4. The third kappa shape index (κ3) is 2.13. The molecule has 0 unspecified atom stereocenters. The number of fused-ring (bicyclic) bond motifs is 1. The van der Waals surface area contributed by atoms with Gasteiger partial charge in [0, 0.05) is 10.7 Å². The number of nitrogen functional groups attached to an aromatic ring is 1. The topological polar surface area (TPSA) is 56.7 Å². The second kappa shape index (κ2) is 4.87. The molecule has 20 heavy (non-hydrogen) atoms. The molecule has 3 aromatic rings. The molecular weight excluding hydrogens is 370 g/mol. The largest absolute Gasteiger partial charge is 0.369 e. The molecule has 0 aliphatic heterocycles. The zero-order valence-electron chi connectivity index (χ0n) is 9.74. The third-order valence-electron chi connectivity index (χ3n) is 2.70. The number of anilines is 1. The van der Waals surface area contributed by atoms with Crippen molar-refractivity contribution in [3.8, 4) is 5.69 Å². The van der Waals surface area contributed by atoms with E-state index < -0.39 is 5.82 Å². The molecule has 0 aliphatic rings. The molecule has 8 heteroatoms. The van der Waals surface area contributed by atoms with Crippen molar-refractivity contribution in [2.45, 2.75) is 0 Å². The first-order valence-corrected chi connectivity index (χ1v) is 6.96. The molecule has 2 N–H and O–H groups in total. The summed E-state index contributed by atoms with van der Waals surface area (Å²) in [6.45, 7) is 0. The van der Waals surface area contributed by atoms with E-state index in [1.165, 1.54) is 22.9 Å². The Labute approximate surface area is 131 Å².